The van der Waals surface area contributed by atoms with E-state index in [1.807, 2.05) is 12.1 Å². The van der Waals surface area contributed by atoms with Crippen LogP contribution in [0.4, 0.5) is 0 Å². The van der Waals surface area contributed by atoms with Crippen molar-refractivity contribution in [2.45, 2.75) is 40.0 Å². The zero-order chi connectivity index (χ0) is 15.2. The van der Waals surface area contributed by atoms with Crippen molar-refractivity contribution >= 4 is 5.91 Å². The van der Waals surface area contributed by atoms with Gasteiger partial charge in [0.15, 0.2) is 0 Å². The molecule has 3 nitrogen and oxygen atoms in total. The molecule has 1 aliphatic heterocycles. The molecule has 0 aliphatic carbocycles. The summed E-state index contributed by atoms with van der Waals surface area (Å²) in [5.41, 5.74) is 3.17. The quantitative estimate of drug-likeness (QED) is 0.902. The number of rotatable bonds is 5. The van der Waals surface area contributed by atoms with E-state index in [4.69, 9.17) is 0 Å². The molecule has 1 N–H and O–H groups in total. The van der Waals surface area contributed by atoms with Crippen molar-refractivity contribution < 1.29 is 4.79 Å². The number of amides is 1. The van der Waals surface area contributed by atoms with Gasteiger partial charge in [0.1, 0.15) is 0 Å². The highest BCUT2D eigenvalue weighted by atomic mass is 16.2. The molecule has 2 rings (SSSR count). The molecule has 1 heterocycles. The number of benzene rings is 1. The van der Waals surface area contributed by atoms with Gasteiger partial charge in [0.05, 0.1) is 0 Å². The van der Waals surface area contributed by atoms with Crippen molar-refractivity contribution in [2.24, 2.45) is 5.92 Å². The molecule has 116 valence electrons. The molecule has 1 aliphatic rings. The second-order valence-corrected chi connectivity index (χ2v) is 6.32. The van der Waals surface area contributed by atoms with Crippen molar-refractivity contribution in [3.63, 3.8) is 0 Å². The fourth-order valence-electron chi connectivity index (χ4n) is 3.20. The number of hydrogen-bond acceptors (Lipinski definition) is 2. The molecule has 1 aromatic rings. The van der Waals surface area contributed by atoms with Gasteiger partial charge in [-0.15, -0.1) is 0 Å². The zero-order valence-corrected chi connectivity index (χ0v) is 13.6. The molecule has 0 spiro atoms. The number of nitrogens with zero attached hydrogens (tertiary/aromatic N) is 1. The summed E-state index contributed by atoms with van der Waals surface area (Å²) in [6.45, 7) is 10.2. The van der Waals surface area contributed by atoms with E-state index < -0.39 is 0 Å². The second-order valence-electron chi connectivity index (χ2n) is 6.32. The van der Waals surface area contributed by atoms with Gasteiger partial charge >= 0.3 is 0 Å². The van der Waals surface area contributed by atoms with Crippen molar-refractivity contribution in [1.82, 2.24) is 10.2 Å². The predicted octanol–water partition coefficient (Wildman–Crippen LogP) is 3.16. The Balaban J connectivity index is 2.10. The lowest BCUT2D eigenvalue weighted by molar-refractivity contribution is 0.0716. The summed E-state index contributed by atoms with van der Waals surface area (Å²) in [4.78, 5) is 14.9. The minimum Gasteiger partial charge on any atom is -0.338 e. The van der Waals surface area contributed by atoms with Crippen molar-refractivity contribution in [2.75, 3.05) is 26.2 Å². The van der Waals surface area contributed by atoms with Gasteiger partial charge < -0.3 is 10.2 Å². The standard InChI is InChI=1S/C18H28N2O/c1-4-9-20(13-16-5-7-19-8-6-16)18(21)17-11-14(2)10-15(3)12-17/h10-12,16,19H,4-9,13H2,1-3H3. The van der Waals surface area contributed by atoms with Crippen LogP contribution >= 0.6 is 0 Å². The highest BCUT2D eigenvalue weighted by Gasteiger charge is 2.21. The Morgan fingerprint density at radius 2 is 1.81 bits per heavy atom. The smallest absolute Gasteiger partial charge is 0.253 e. The summed E-state index contributed by atoms with van der Waals surface area (Å²) >= 11 is 0. The molecule has 1 fully saturated rings. The first kappa shape index (κ1) is 16.0. The lowest BCUT2D eigenvalue weighted by Crippen LogP contribution is -2.39. The SMILES string of the molecule is CCCN(CC1CCNCC1)C(=O)c1cc(C)cc(C)c1. The molecule has 0 radical (unpaired) electrons. The first-order chi connectivity index (χ1) is 10.1. The molecule has 0 bridgehead atoms. The molecule has 1 amide bonds. The number of carbonyl (C=O) groups is 1. The number of nitrogens with one attached hydrogen (secondary N) is 1. The fraction of sp³-hybridized carbons (Fsp3) is 0.611. The van der Waals surface area contributed by atoms with Gasteiger partial charge in [0, 0.05) is 18.7 Å². The normalized spacial score (nSPS) is 16.0. The van der Waals surface area contributed by atoms with E-state index >= 15 is 0 Å². The van der Waals surface area contributed by atoms with Gasteiger partial charge in [-0.3, -0.25) is 4.79 Å². The van der Waals surface area contributed by atoms with Crippen LogP contribution in [0, 0.1) is 19.8 Å². The van der Waals surface area contributed by atoms with Crippen LogP contribution in [-0.2, 0) is 0 Å². The third kappa shape index (κ3) is 4.57. The first-order valence-corrected chi connectivity index (χ1v) is 8.18. The Kier molecular flexibility index (Phi) is 5.80. The molecule has 1 aromatic carbocycles. The van der Waals surface area contributed by atoms with E-state index in [0.29, 0.717) is 5.92 Å². The average Bonchev–Trinajstić information content (AvgIpc) is 2.46. The van der Waals surface area contributed by atoms with Gasteiger partial charge in [0.25, 0.3) is 5.91 Å². The summed E-state index contributed by atoms with van der Waals surface area (Å²) in [7, 11) is 0. The first-order valence-electron chi connectivity index (χ1n) is 8.18. The molecule has 1 saturated heterocycles. The van der Waals surface area contributed by atoms with E-state index in [9.17, 15) is 4.79 Å². The van der Waals surface area contributed by atoms with Crippen molar-refractivity contribution in [3.05, 3.63) is 34.9 Å². The maximum atomic E-state index is 12.8. The van der Waals surface area contributed by atoms with Gasteiger partial charge in [-0.2, -0.15) is 0 Å². The van der Waals surface area contributed by atoms with Crippen LogP contribution in [-0.4, -0.2) is 37.0 Å². The number of piperidine rings is 1. The maximum Gasteiger partial charge on any atom is 0.253 e. The summed E-state index contributed by atoms with van der Waals surface area (Å²) in [6.07, 6.45) is 3.38. The lowest BCUT2D eigenvalue weighted by atomic mass is 9.97. The molecule has 0 saturated carbocycles. The van der Waals surface area contributed by atoms with Crippen LogP contribution in [0.2, 0.25) is 0 Å². The van der Waals surface area contributed by atoms with Crippen LogP contribution in [0.5, 0.6) is 0 Å². The van der Waals surface area contributed by atoms with E-state index in [2.05, 4.69) is 37.1 Å². The molecule has 21 heavy (non-hydrogen) atoms. The van der Waals surface area contributed by atoms with Crippen LogP contribution < -0.4 is 5.32 Å². The minimum atomic E-state index is 0.196. The molecule has 0 atom stereocenters. The van der Waals surface area contributed by atoms with Gasteiger partial charge in [0.2, 0.25) is 0 Å². The summed E-state index contributed by atoms with van der Waals surface area (Å²) in [6, 6.07) is 6.15. The van der Waals surface area contributed by atoms with Crippen LogP contribution in [0.3, 0.4) is 0 Å². The highest BCUT2D eigenvalue weighted by molar-refractivity contribution is 5.94. The van der Waals surface area contributed by atoms with Gasteiger partial charge in [-0.25, -0.2) is 0 Å². The van der Waals surface area contributed by atoms with E-state index in [1.165, 1.54) is 12.8 Å². The second kappa shape index (κ2) is 7.60. The van der Waals surface area contributed by atoms with Crippen molar-refractivity contribution in [3.8, 4) is 0 Å². The average molecular weight is 288 g/mol. The highest BCUT2D eigenvalue weighted by Crippen LogP contribution is 2.17. The van der Waals surface area contributed by atoms with Gasteiger partial charge in [-0.05, 0) is 64.3 Å². The van der Waals surface area contributed by atoms with E-state index in [1.54, 1.807) is 0 Å². The number of aryl methyl sites for hydroxylation is 2. The Bertz CT molecular complexity index is 458. The van der Waals surface area contributed by atoms with Crippen LogP contribution in [0.1, 0.15) is 47.7 Å². The van der Waals surface area contributed by atoms with Gasteiger partial charge in [-0.1, -0.05) is 24.1 Å². The molecule has 0 aromatic heterocycles. The lowest BCUT2D eigenvalue weighted by Gasteiger charge is -2.30. The number of carbonyl (C=O) groups excluding carboxylic acids is 1. The summed E-state index contributed by atoms with van der Waals surface area (Å²) < 4.78 is 0. The van der Waals surface area contributed by atoms with E-state index in [-0.39, 0.29) is 5.91 Å². The zero-order valence-electron chi connectivity index (χ0n) is 13.6. The third-order valence-electron chi connectivity index (χ3n) is 4.19. The number of hydrogen-bond donors (Lipinski definition) is 1. The molecule has 3 heteroatoms. The maximum absolute atomic E-state index is 12.8. The van der Waals surface area contributed by atoms with Crippen LogP contribution in [0.25, 0.3) is 0 Å². The summed E-state index contributed by atoms with van der Waals surface area (Å²) in [5.74, 6) is 0.842. The van der Waals surface area contributed by atoms with E-state index in [0.717, 1.165) is 49.3 Å². The van der Waals surface area contributed by atoms with Crippen molar-refractivity contribution in [1.29, 1.82) is 0 Å². The fourth-order valence-corrected chi connectivity index (χ4v) is 3.20. The summed E-state index contributed by atoms with van der Waals surface area (Å²) in [5, 5.41) is 3.39. The molecular formula is C18H28N2O. The molecular weight excluding hydrogens is 260 g/mol. The Hall–Kier alpha value is -1.35. The third-order valence-corrected chi connectivity index (χ3v) is 4.19. The molecule has 0 unspecified atom stereocenters. The van der Waals surface area contributed by atoms with Crippen LogP contribution in [0.15, 0.2) is 18.2 Å². The Morgan fingerprint density at radius 3 is 2.38 bits per heavy atom. The largest absolute Gasteiger partial charge is 0.338 e. The Morgan fingerprint density at radius 1 is 1.19 bits per heavy atom. The predicted molar refractivity (Wildman–Crippen MR) is 87.7 cm³/mol. The topological polar surface area (TPSA) is 32.3 Å². The monoisotopic (exact) mass is 288 g/mol. The Labute approximate surface area is 128 Å². The minimum absolute atomic E-state index is 0.196.